The summed E-state index contributed by atoms with van der Waals surface area (Å²) in [7, 11) is 0. The molecule has 2 N–H and O–H groups in total. The molecule has 5 heteroatoms. The Morgan fingerprint density at radius 1 is 1.53 bits per heavy atom. The molecule has 0 unspecified atom stereocenters. The quantitative estimate of drug-likeness (QED) is 0.890. The molecule has 0 bridgehead atoms. The summed E-state index contributed by atoms with van der Waals surface area (Å²) in [6.07, 6.45) is 3.89. The third kappa shape index (κ3) is 3.78. The summed E-state index contributed by atoms with van der Waals surface area (Å²) in [6, 6.07) is 3.54. The van der Waals surface area contributed by atoms with Crippen molar-refractivity contribution in [2.45, 2.75) is 12.8 Å². The Morgan fingerprint density at radius 3 is 3.00 bits per heavy atom. The van der Waals surface area contributed by atoms with Crippen LogP contribution in [0.2, 0.25) is 0 Å². The van der Waals surface area contributed by atoms with Crippen molar-refractivity contribution in [2.75, 3.05) is 19.6 Å². The van der Waals surface area contributed by atoms with E-state index in [4.69, 9.17) is 0 Å². The van der Waals surface area contributed by atoms with Crippen LogP contribution in [0, 0.1) is 5.92 Å². The van der Waals surface area contributed by atoms with Gasteiger partial charge in [-0.3, -0.25) is 9.78 Å². The molecule has 0 spiro atoms. The highest BCUT2D eigenvalue weighted by molar-refractivity contribution is 9.10. The highest BCUT2D eigenvalue weighted by atomic mass is 79.9. The molecule has 92 valence electrons. The molecule has 2 heterocycles. The number of hydrogen-bond acceptors (Lipinski definition) is 3. The van der Waals surface area contributed by atoms with Crippen LogP contribution in [0.15, 0.2) is 22.8 Å². The van der Waals surface area contributed by atoms with E-state index in [2.05, 4.69) is 31.5 Å². The fourth-order valence-corrected chi connectivity index (χ4v) is 2.28. The van der Waals surface area contributed by atoms with Crippen LogP contribution < -0.4 is 10.6 Å². The standard InChI is InChI=1S/C12H16BrN3O/c13-10-3-6-15-11(7-10)12(17)16-8-9-1-4-14-5-2-9/h3,6-7,9,14H,1-2,4-5,8H2,(H,16,17). The molecule has 4 nitrogen and oxygen atoms in total. The lowest BCUT2D eigenvalue weighted by atomic mass is 9.98. The van der Waals surface area contributed by atoms with Crippen molar-refractivity contribution < 1.29 is 4.79 Å². The van der Waals surface area contributed by atoms with E-state index in [-0.39, 0.29) is 5.91 Å². The SMILES string of the molecule is O=C(NCC1CCNCC1)c1cc(Br)ccn1. The van der Waals surface area contributed by atoms with Crippen LogP contribution in [-0.4, -0.2) is 30.5 Å². The number of rotatable bonds is 3. The van der Waals surface area contributed by atoms with E-state index in [0.29, 0.717) is 11.6 Å². The Morgan fingerprint density at radius 2 is 2.29 bits per heavy atom. The Kier molecular flexibility index (Phi) is 4.50. The topological polar surface area (TPSA) is 54.0 Å². The van der Waals surface area contributed by atoms with Crippen LogP contribution in [0.1, 0.15) is 23.3 Å². The van der Waals surface area contributed by atoms with Crippen molar-refractivity contribution in [2.24, 2.45) is 5.92 Å². The van der Waals surface area contributed by atoms with Crippen molar-refractivity contribution in [1.29, 1.82) is 0 Å². The van der Waals surface area contributed by atoms with E-state index in [1.807, 2.05) is 6.07 Å². The van der Waals surface area contributed by atoms with Crippen LogP contribution in [-0.2, 0) is 0 Å². The molecule has 0 atom stereocenters. The molecule has 17 heavy (non-hydrogen) atoms. The van der Waals surface area contributed by atoms with Gasteiger partial charge in [0.1, 0.15) is 5.69 Å². The number of hydrogen-bond donors (Lipinski definition) is 2. The molecule has 1 aliphatic heterocycles. The number of nitrogens with one attached hydrogen (secondary N) is 2. The Labute approximate surface area is 109 Å². The Balaban J connectivity index is 1.84. The van der Waals surface area contributed by atoms with Crippen molar-refractivity contribution in [3.8, 4) is 0 Å². The molecule has 0 aliphatic carbocycles. The first-order valence-corrected chi connectivity index (χ1v) is 6.65. The zero-order valence-corrected chi connectivity index (χ0v) is 11.2. The van der Waals surface area contributed by atoms with Gasteiger partial charge < -0.3 is 10.6 Å². The number of piperidine rings is 1. The van der Waals surface area contributed by atoms with Gasteiger partial charge in [-0.1, -0.05) is 15.9 Å². The maximum atomic E-state index is 11.8. The number of nitrogens with zero attached hydrogens (tertiary/aromatic N) is 1. The second kappa shape index (κ2) is 6.12. The smallest absolute Gasteiger partial charge is 0.269 e. The van der Waals surface area contributed by atoms with Crippen LogP contribution in [0.5, 0.6) is 0 Å². The van der Waals surface area contributed by atoms with Crippen LogP contribution in [0.4, 0.5) is 0 Å². The second-order valence-electron chi connectivity index (χ2n) is 4.26. The third-order valence-corrected chi connectivity index (χ3v) is 3.46. The minimum atomic E-state index is -0.0927. The molecule has 0 aromatic carbocycles. The zero-order chi connectivity index (χ0) is 12.1. The van der Waals surface area contributed by atoms with Gasteiger partial charge in [0, 0.05) is 17.2 Å². The summed E-state index contributed by atoms with van der Waals surface area (Å²) in [5.74, 6) is 0.497. The molecule has 2 rings (SSSR count). The minimum Gasteiger partial charge on any atom is -0.350 e. The fraction of sp³-hybridized carbons (Fsp3) is 0.500. The van der Waals surface area contributed by atoms with Crippen molar-refractivity contribution >= 4 is 21.8 Å². The number of aromatic nitrogens is 1. The first-order chi connectivity index (χ1) is 8.25. The van der Waals surface area contributed by atoms with E-state index < -0.39 is 0 Å². The first kappa shape index (κ1) is 12.5. The highest BCUT2D eigenvalue weighted by Gasteiger charge is 2.14. The Bertz CT molecular complexity index is 391. The number of pyridine rings is 1. The van der Waals surface area contributed by atoms with Gasteiger partial charge in [-0.25, -0.2) is 0 Å². The van der Waals surface area contributed by atoms with Crippen LogP contribution in [0.25, 0.3) is 0 Å². The Hall–Kier alpha value is -0.940. The van der Waals surface area contributed by atoms with E-state index >= 15 is 0 Å². The largest absolute Gasteiger partial charge is 0.350 e. The van der Waals surface area contributed by atoms with E-state index in [1.54, 1.807) is 12.3 Å². The molecule has 0 radical (unpaired) electrons. The van der Waals surface area contributed by atoms with E-state index in [0.717, 1.165) is 36.9 Å². The van der Waals surface area contributed by atoms with Crippen molar-refractivity contribution in [1.82, 2.24) is 15.6 Å². The summed E-state index contributed by atoms with van der Waals surface area (Å²) in [5.41, 5.74) is 0.466. The molecular weight excluding hydrogens is 282 g/mol. The van der Waals surface area contributed by atoms with Gasteiger partial charge in [0.25, 0.3) is 5.91 Å². The minimum absolute atomic E-state index is 0.0927. The number of halogens is 1. The predicted molar refractivity (Wildman–Crippen MR) is 69.9 cm³/mol. The molecular formula is C12H16BrN3O. The molecule has 1 amide bonds. The van der Waals surface area contributed by atoms with Crippen molar-refractivity contribution in [3.05, 3.63) is 28.5 Å². The summed E-state index contributed by atoms with van der Waals surface area (Å²) in [4.78, 5) is 15.9. The lowest BCUT2D eigenvalue weighted by Gasteiger charge is -2.22. The molecule has 1 aromatic rings. The van der Waals surface area contributed by atoms with Gasteiger partial charge in [0.15, 0.2) is 0 Å². The van der Waals surface area contributed by atoms with Gasteiger partial charge >= 0.3 is 0 Å². The van der Waals surface area contributed by atoms with Crippen LogP contribution in [0.3, 0.4) is 0 Å². The van der Waals surface area contributed by atoms with Gasteiger partial charge in [0.05, 0.1) is 0 Å². The first-order valence-electron chi connectivity index (χ1n) is 5.86. The molecule has 0 saturated carbocycles. The monoisotopic (exact) mass is 297 g/mol. The zero-order valence-electron chi connectivity index (χ0n) is 9.58. The number of carbonyl (C=O) groups excluding carboxylic acids is 1. The average molecular weight is 298 g/mol. The lowest BCUT2D eigenvalue weighted by molar-refractivity contribution is 0.0939. The second-order valence-corrected chi connectivity index (χ2v) is 5.18. The maximum Gasteiger partial charge on any atom is 0.269 e. The lowest BCUT2D eigenvalue weighted by Crippen LogP contribution is -2.36. The van der Waals surface area contributed by atoms with Gasteiger partial charge in [-0.15, -0.1) is 0 Å². The fourth-order valence-electron chi connectivity index (χ4n) is 1.94. The van der Waals surface area contributed by atoms with E-state index in [9.17, 15) is 4.79 Å². The van der Waals surface area contributed by atoms with Gasteiger partial charge in [-0.05, 0) is 44.0 Å². The highest BCUT2D eigenvalue weighted by Crippen LogP contribution is 2.11. The maximum absolute atomic E-state index is 11.8. The molecule has 1 fully saturated rings. The number of carbonyl (C=O) groups is 1. The summed E-state index contributed by atoms with van der Waals surface area (Å²) >= 11 is 3.33. The van der Waals surface area contributed by atoms with Crippen molar-refractivity contribution in [3.63, 3.8) is 0 Å². The normalized spacial score (nSPS) is 16.8. The molecule has 1 aromatic heterocycles. The predicted octanol–water partition coefficient (Wildman–Crippen LogP) is 1.57. The van der Waals surface area contributed by atoms with Crippen LogP contribution >= 0.6 is 15.9 Å². The van der Waals surface area contributed by atoms with Gasteiger partial charge in [0.2, 0.25) is 0 Å². The average Bonchev–Trinajstić information content (AvgIpc) is 2.37. The third-order valence-electron chi connectivity index (χ3n) is 2.96. The summed E-state index contributed by atoms with van der Waals surface area (Å²) < 4.78 is 0.875. The molecule has 1 aliphatic rings. The summed E-state index contributed by atoms with van der Waals surface area (Å²) in [5, 5.41) is 6.26. The van der Waals surface area contributed by atoms with Gasteiger partial charge in [-0.2, -0.15) is 0 Å². The number of amides is 1. The molecule has 1 saturated heterocycles. The summed E-state index contributed by atoms with van der Waals surface area (Å²) in [6.45, 7) is 2.85. The van der Waals surface area contributed by atoms with E-state index in [1.165, 1.54) is 0 Å².